The molecule has 1 atom stereocenters. The van der Waals surface area contributed by atoms with Gasteiger partial charge in [0.25, 0.3) is 0 Å². The second-order valence-electron chi connectivity index (χ2n) is 5.78. The predicted molar refractivity (Wildman–Crippen MR) is 99.1 cm³/mol. The number of halogens is 4. The number of thioether (sulfide) groups is 1. The third kappa shape index (κ3) is 4.33. The van der Waals surface area contributed by atoms with Gasteiger partial charge in [0.05, 0.1) is 22.1 Å². The van der Waals surface area contributed by atoms with Gasteiger partial charge < -0.3 is 14.3 Å². The Hall–Kier alpha value is -2.46. The summed E-state index contributed by atoms with van der Waals surface area (Å²) in [7, 11) is 1.72. The fourth-order valence-corrected chi connectivity index (χ4v) is 3.35. The molecule has 3 rings (SSSR count). The van der Waals surface area contributed by atoms with Gasteiger partial charge in [0.2, 0.25) is 5.91 Å². The molecule has 0 aliphatic carbocycles. The summed E-state index contributed by atoms with van der Waals surface area (Å²) < 4.78 is 45.8. The molecular formula is C17H14ClF3N4O2S. The van der Waals surface area contributed by atoms with E-state index in [0.717, 1.165) is 23.9 Å². The number of hydrogen-bond acceptors (Lipinski definition) is 5. The fraction of sp³-hybridized carbons (Fsp3) is 0.235. The molecule has 0 fully saturated rings. The Morgan fingerprint density at radius 3 is 2.71 bits per heavy atom. The first kappa shape index (κ1) is 20.3. The SMILES string of the molecule is C[C@@H](Sc1nnc(-c2ccco2)n1C)C(=O)Nc1ccc(Cl)c(C(F)(F)F)c1. The maximum atomic E-state index is 12.9. The van der Waals surface area contributed by atoms with Crippen LogP contribution in [0.15, 0.2) is 46.2 Å². The number of benzene rings is 1. The van der Waals surface area contributed by atoms with Gasteiger partial charge in [-0.15, -0.1) is 10.2 Å². The Bertz CT molecular complexity index is 989. The number of amides is 1. The minimum Gasteiger partial charge on any atom is -0.461 e. The molecule has 0 unspecified atom stereocenters. The molecule has 1 amide bonds. The van der Waals surface area contributed by atoms with Crippen LogP contribution in [0.5, 0.6) is 0 Å². The molecule has 0 spiro atoms. The van der Waals surface area contributed by atoms with Crippen LogP contribution in [0.3, 0.4) is 0 Å². The van der Waals surface area contributed by atoms with Crippen LogP contribution in [-0.2, 0) is 18.0 Å². The number of nitrogens with one attached hydrogen (secondary N) is 1. The van der Waals surface area contributed by atoms with E-state index in [1.807, 2.05) is 0 Å². The highest BCUT2D eigenvalue weighted by atomic mass is 35.5. The fourth-order valence-electron chi connectivity index (χ4n) is 2.31. The minimum absolute atomic E-state index is 0.00316. The lowest BCUT2D eigenvalue weighted by Crippen LogP contribution is -2.23. The van der Waals surface area contributed by atoms with Crippen LogP contribution in [0.1, 0.15) is 12.5 Å². The molecule has 1 aromatic carbocycles. The van der Waals surface area contributed by atoms with Crippen LogP contribution < -0.4 is 5.32 Å². The predicted octanol–water partition coefficient (Wildman–Crippen LogP) is 4.87. The largest absolute Gasteiger partial charge is 0.461 e. The van der Waals surface area contributed by atoms with Crippen molar-refractivity contribution in [2.45, 2.75) is 23.5 Å². The number of furan rings is 1. The first-order valence-electron chi connectivity index (χ1n) is 7.94. The van der Waals surface area contributed by atoms with Gasteiger partial charge in [0.15, 0.2) is 16.7 Å². The molecule has 0 bridgehead atoms. The van der Waals surface area contributed by atoms with Gasteiger partial charge >= 0.3 is 6.18 Å². The Balaban J connectivity index is 1.71. The minimum atomic E-state index is -4.61. The van der Waals surface area contributed by atoms with E-state index in [1.54, 1.807) is 30.7 Å². The number of hydrogen-bond donors (Lipinski definition) is 1. The molecule has 0 aliphatic rings. The molecule has 148 valence electrons. The number of rotatable bonds is 5. The summed E-state index contributed by atoms with van der Waals surface area (Å²) in [4.78, 5) is 12.4. The first-order chi connectivity index (χ1) is 13.2. The monoisotopic (exact) mass is 430 g/mol. The molecule has 28 heavy (non-hydrogen) atoms. The highest BCUT2D eigenvalue weighted by molar-refractivity contribution is 8.00. The number of aromatic nitrogens is 3. The van der Waals surface area contributed by atoms with Crippen LogP contribution in [0, 0.1) is 0 Å². The zero-order chi connectivity index (χ0) is 20.5. The summed E-state index contributed by atoms with van der Waals surface area (Å²) in [6, 6.07) is 6.65. The standard InChI is InChI=1S/C17H14ClF3N4O2S/c1-9(28-16-24-23-14(25(16)2)13-4-3-7-27-13)15(26)22-10-5-6-12(18)11(8-10)17(19,20)21/h3-9H,1-2H3,(H,22,26)/t9-/m1/s1. The van der Waals surface area contributed by atoms with Gasteiger partial charge in [0.1, 0.15) is 0 Å². The maximum absolute atomic E-state index is 12.9. The van der Waals surface area contributed by atoms with Crippen LogP contribution >= 0.6 is 23.4 Å². The summed E-state index contributed by atoms with van der Waals surface area (Å²) >= 11 is 6.70. The van der Waals surface area contributed by atoms with E-state index in [9.17, 15) is 18.0 Å². The molecular weight excluding hydrogens is 417 g/mol. The number of nitrogens with zero attached hydrogens (tertiary/aromatic N) is 3. The highest BCUT2D eigenvalue weighted by Gasteiger charge is 2.33. The van der Waals surface area contributed by atoms with E-state index in [-0.39, 0.29) is 5.69 Å². The number of alkyl halides is 3. The van der Waals surface area contributed by atoms with Crippen molar-refractivity contribution in [3.63, 3.8) is 0 Å². The highest BCUT2D eigenvalue weighted by Crippen LogP contribution is 2.36. The molecule has 0 radical (unpaired) electrons. The van der Waals surface area contributed by atoms with Gasteiger partial charge in [-0.25, -0.2) is 0 Å². The Morgan fingerprint density at radius 2 is 2.07 bits per heavy atom. The van der Waals surface area contributed by atoms with Crippen molar-refractivity contribution in [1.29, 1.82) is 0 Å². The Labute approximate surface area is 167 Å². The summed E-state index contributed by atoms with van der Waals surface area (Å²) in [6.45, 7) is 1.61. The van der Waals surface area contributed by atoms with E-state index in [0.29, 0.717) is 16.7 Å². The summed E-state index contributed by atoms with van der Waals surface area (Å²) in [6.07, 6.45) is -3.10. The van der Waals surface area contributed by atoms with E-state index in [2.05, 4.69) is 15.5 Å². The van der Waals surface area contributed by atoms with Crippen molar-refractivity contribution in [3.8, 4) is 11.6 Å². The van der Waals surface area contributed by atoms with Gasteiger partial charge in [0, 0.05) is 12.7 Å². The third-order valence-corrected chi connectivity index (χ3v) is 5.23. The van der Waals surface area contributed by atoms with Crippen LogP contribution in [0.4, 0.5) is 18.9 Å². The van der Waals surface area contributed by atoms with Crippen LogP contribution in [0.2, 0.25) is 5.02 Å². The van der Waals surface area contributed by atoms with E-state index in [4.69, 9.17) is 16.0 Å². The molecule has 0 saturated heterocycles. The van der Waals surface area contributed by atoms with Crippen LogP contribution in [-0.4, -0.2) is 25.9 Å². The number of anilines is 1. The quantitative estimate of drug-likeness (QED) is 0.585. The molecule has 2 aromatic heterocycles. The lowest BCUT2D eigenvalue weighted by atomic mass is 10.2. The molecule has 11 heteroatoms. The second kappa shape index (κ2) is 7.88. The zero-order valence-electron chi connectivity index (χ0n) is 14.6. The lowest BCUT2D eigenvalue weighted by Gasteiger charge is -2.14. The van der Waals surface area contributed by atoms with Gasteiger partial charge in [-0.05, 0) is 37.3 Å². The topological polar surface area (TPSA) is 73.0 Å². The Kier molecular flexibility index (Phi) is 5.71. The number of carbonyl (C=O) groups is 1. The van der Waals surface area contributed by atoms with Gasteiger partial charge in [-0.2, -0.15) is 13.2 Å². The van der Waals surface area contributed by atoms with E-state index < -0.39 is 27.9 Å². The lowest BCUT2D eigenvalue weighted by molar-refractivity contribution is -0.137. The van der Waals surface area contributed by atoms with Crippen molar-refractivity contribution >= 4 is 35.0 Å². The molecule has 1 N–H and O–H groups in total. The smallest absolute Gasteiger partial charge is 0.417 e. The molecule has 2 heterocycles. The number of carbonyl (C=O) groups excluding carboxylic acids is 1. The van der Waals surface area contributed by atoms with Crippen molar-refractivity contribution < 1.29 is 22.4 Å². The molecule has 3 aromatic rings. The summed E-state index contributed by atoms with van der Waals surface area (Å²) in [5.74, 6) is 0.537. The average molecular weight is 431 g/mol. The van der Waals surface area contributed by atoms with Crippen molar-refractivity contribution in [3.05, 3.63) is 47.2 Å². The first-order valence-corrected chi connectivity index (χ1v) is 9.20. The Morgan fingerprint density at radius 1 is 1.32 bits per heavy atom. The molecule has 0 aliphatic heterocycles. The maximum Gasteiger partial charge on any atom is 0.417 e. The third-order valence-electron chi connectivity index (χ3n) is 3.77. The van der Waals surface area contributed by atoms with Crippen molar-refractivity contribution in [2.24, 2.45) is 7.05 Å². The second-order valence-corrected chi connectivity index (χ2v) is 7.50. The van der Waals surface area contributed by atoms with E-state index >= 15 is 0 Å². The molecule has 6 nitrogen and oxygen atoms in total. The normalized spacial score (nSPS) is 12.8. The van der Waals surface area contributed by atoms with Crippen LogP contribution in [0.25, 0.3) is 11.6 Å². The van der Waals surface area contributed by atoms with Crippen molar-refractivity contribution in [1.82, 2.24) is 14.8 Å². The van der Waals surface area contributed by atoms with E-state index in [1.165, 1.54) is 12.3 Å². The zero-order valence-corrected chi connectivity index (χ0v) is 16.2. The van der Waals surface area contributed by atoms with Crippen molar-refractivity contribution in [2.75, 3.05) is 5.32 Å². The van der Waals surface area contributed by atoms with Gasteiger partial charge in [-0.1, -0.05) is 23.4 Å². The average Bonchev–Trinajstić information content (AvgIpc) is 3.26. The molecule has 0 saturated carbocycles. The summed E-state index contributed by atoms with van der Waals surface area (Å²) in [5, 5.41) is 9.91. The van der Waals surface area contributed by atoms with Gasteiger partial charge in [-0.3, -0.25) is 4.79 Å². The summed E-state index contributed by atoms with van der Waals surface area (Å²) in [5.41, 5.74) is -1.01.